The van der Waals surface area contributed by atoms with Crippen molar-refractivity contribution in [3.63, 3.8) is 0 Å². The first-order chi connectivity index (χ1) is 6.38. The molecule has 1 fully saturated rings. The van der Waals surface area contributed by atoms with Gasteiger partial charge < -0.3 is 11.1 Å². The zero-order valence-corrected chi connectivity index (χ0v) is 7.84. The lowest BCUT2D eigenvalue weighted by Crippen LogP contribution is -2.47. The van der Waals surface area contributed by atoms with Gasteiger partial charge in [0.05, 0.1) is 0 Å². The highest BCUT2D eigenvalue weighted by molar-refractivity contribution is 5.07. The largest absolute Gasteiger partial charge is 0.401 e. The molecular formula is C9H18N4. The Balaban J connectivity index is 1.97. The Labute approximate surface area is 78.9 Å². The fourth-order valence-electron chi connectivity index (χ4n) is 2.21. The molecule has 0 spiro atoms. The minimum absolute atomic E-state index is 0.579. The molecule has 2 aliphatic heterocycles. The molecule has 0 aromatic carbocycles. The van der Waals surface area contributed by atoms with Crippen LogP contribution in [0.1, 0.15) is 12.8 Å². The molecule has 2 rings (SSSR count). The standard InChI is InChI=1S/C9H18N4/c10-9-6-11-3-2-8(9)7-1-4-12-13-5-7/h6-8,11-13H,1-5,10H2. The van der Waals surface area contributed by atoms with Crippen LogP contribution in [-0.4, -0.2) is 19.6 Å². The van der Waals surface area contributed by atoms with Crippen molar-refractivity contribution in [3.8, 4) is 0 Å². The molecule has 2 atom stereocenters. The molecule has 4 nitrogen and oxygen atoms in total. The van der Waals surface area contributed by atoms with Crippen molar-refractivity contribution >= 4 is 0 Å². The van der Waals surface area contributed by atoms with E-state index >= 15 is 0 Å². The Kier molecular flexibility index (Phi) is 2.71. The molecule has 2 aliphatic rings. The van der Waals surface area contributed by atoms with Crippen LogP contribution in [0, 0.1) is 11.8 Å². The maximum absolute atomic E-state index is 5.96. The van der Waals surface area contributed by atoms with Gasteiger partial charge in [0, 0.05) is 37.4 Å². The van der Waals surface area contributed by atoms with Crippen LogP contribution in [0.5, 0.6) is 0 Å². The van der Waals surface area contributed by atoms with Crippen molar-refractivity contribution in [2.24, 2.45) is 17.6 Å². The van der Waals surface area contributed by atoms with Crippen molar-refractivity contribution in [2.45, 2.75) is 12.8 Å². The summed E-state index contributed by atoms with van der Waals surface area (Å²) in [6, 6.07) is 0. The summed E-state index contributed by atoms with van der Waals surface area (Å²) in [5, 5.41) is 3.18. The van der Waals surface area contributed by atoms with Crippen molar-refractivity contribution in [1.29, 1.82) is 0 Å². The highest BCUT2D eigenvalue weighted by atomic mass is 15.4. The van der Waals surface area contributed by atoms with Gasteiger partial charge in [0.2, 0.25) is 0 Å². The quantitative estimate of drug-likeness (QED) is 0.442. The first-order valence-electron chi connectivity index (χ1n) is 5.02. The average Bonchev–Trinajstić information content (AvgIpc) is 2.20. The second kappa shape index (κ2) is 3.98. The van der Waals surface area contributed by atoms with Crippen molar-refractivity contribution in [1.82, 2.24) is 16.2 Å². The molecule has 0 saturated carbocycles. The van der Waals surface area contributed by atoms with Crippen LogP contribution in [0.2, 0.25) is 0 Å². The summed E-state index contributed by atoms with van der Waals surface area (Å²) in [7, 11) is 0. The second-order valence-electron chi connectivity index (χ2n) is 3.85. The van der Waals surface area contributed by atoms with Gasteiger partial charge in [0.1, 0.15) is 0 Å². The number of hydrogen-bond acceptors (Lipinski definition) is 4. The summed E-state index contributed by atoms with van der Waals surface area (Å²) < 4.78 is 0. The van der Waals surface area contributed by atoms with E-state index in [2.05, 4.69) is 16.2 Å². The number of nitrogens with two attached hydrogens (primary N) is 1. The molecule has 2 heterocycles. The molecule has 0 aromatic rings. The third kappa shape index (κ3) is 1.95. The first-order valence-corrected chi connectivity index (χ1v) is 5.02. The molecule has 0 aromatic heterocycles. The van der Waals surface area contributed by atoms with Gasteiger partial charge in [-0.3, -0.25) is 10.9 Å². The lowest BCUT2D eigenvalue weighted by molar-refractivity contribution is 0.251. The van der Waals surface area contributed by atoms with Crippen molar-refractivity contribution in [3.05, 3.63) is 11.9 Å². The van der Waals surface area contributed by atoms with Crippen LogP contribution in [0.4, 0.5) is 0 Å². The lowest BCUT2D eigenvalue weighted by Gasteiger charge is -2.33. The Bertz CT molecular complexity index is 196. The van der Waals surface area contributed by atoms with E-state index in [1.54, 1.807) is 0 Å². The van der Waals surface area contributed by atoms with Crippen LogP contribution < -0.4 is 21.9 Å². The second-order valence-corrected chi connectivity index (χ2v) is 3.85. The van der Waals surface area contributed by atoms with Crippen molar-refractivity contribution < 1.29 is 0 Å². The lowest BCUT2D eigenvalue weighted by atomic mass is 9.83. The highest BCUT2D eigenvalue weighted by Gasteiger charge is 2.26. The number of allylic oxidation sites excluding steroid dienone is 1. The maximum Gasteiger partial charge on any atom is 0.0275 e. The molecule has 13 heavy (non-hydrogen) atoms. The molecular weight excluding hydrogens is 164 g/mol. The zero-order valence-electron chi connectivity index (χ0n) is 7.84. The predicted octanol–water partition coefficient (Wildman–Crippen LogP) is -0.490. The van der Waals surface area contributed by atoms with Gasteiger partial charge >= 0.3 is 0 Å². The van der Waals surface area contributed by atoms with E-state index in [0.29, 0.717) is 11.8 Å². The van der Waals surface area contributed by atoms with Crippen LogP contribution >= 0.6 is 0 Å². The summed E-state index contributed by atoms with van der Waals surface area (Å²) in [4.78, 5) is 0. The Morgan fingerprint density at radius 1 is 1.23 bits per heavy atom. The van der Waals surface area contributed by atoms with E-state index < -0.39 is 0 Å². The molecule has 0 amide bonds. The summed E-state index contributed by atoms with van der Waals surface area (Å²) in [6.45, 7) is 3.16. The SMILES string of the molecule is NC1=CNCCC1C1CCNNC1. The maximum atomic E-state index is 5.96. The summed E-state index contributed by atoms with van der Waals surface area (Å²) in [5.41, 5.74) is 13.3. The number of rotatable bonds is 1. The number of hydrazine groups is 1. The molecule has 5 N–H and O–H groups in total. The number of nitrogens with one attached hydrogen (secondary N) is 3. The summed E-state index contributed by atoms with van der Waals surface area (Å²) >= 11 is 0. The molecule has 0 radical (unpaired) electrons. The zero-order chi connectivity index (χ0) is 9.10. The molecule has 2 unspecified atom stereocenters. The summed E-state index contributed by atoms with van der Waals surface area (Å²) in [5.74, 6) is 1.29. The molecule has 74 valence electrons. The van der Waals surface area contributed by atoms with E-state index in [-0.39, 0.29) is 0 Å². The molecule has 0 bridgehead atoms. The first kappa shape index (κ1) is 8.84. The van der Waals surface area contributed by atoms with Gasteiger partial charge in [-0.15, -0.1) is 0 Å². The van der Waals surface area contributed by atoms with Crippen molar-refractivity contribution in [2.75, 3.05) is 19.6 Å². The van der Waals surface area contributed by atoms with Gasteiger partial charge in [0.15, 0.2) is 0 Å². The minimum Gasteiger partial charge on any atom is -0.401 e. The smallest absolute Gasteiger partial charge is 0.0275 e. The van der Waals surface area contributed by atoms with Gasteiger partial charge in [-0.05, 0) is 18.8 Å². The van der Waals surface area contributed by atoms with E-state index in [4.69, 9.17) is 5.73 Å². The molecule has 0 aliphatic carbocycles. The summed E-state index contributed by atoms with van der Waals surface area (Å²) in [6.07, 6.45) is 4.37. The van der Waals surface area contributed by atoms with Crippen LogP contribution in [-0.2, 0) is 0 Å². The van der Waals surface area contributed by atoms with E-state index in [9.17, 15) is 0 Å². The van der Waals surface area contributed by atoms with Crippen LogP contribution in [0.3, 0.4) is 0 Å². The van der Waals surface area contributed by atoms with Gasteiger partial charge in [-0.1, -0.05) is 0 Å². The topological polar surface area (TPSA) is 62.1 Å². The van der Waals surface area contributed by atoms with Gasteiger partial charge in [-0.2, -0.15) is 0 Å². The highest BCUT2D eigenvalue weighted by Crippen LogP contribution is 2.26. The van der Waals surface area contributed by atoms with Crippen LogP contribution in [0.15, 0.2) is 11.9 Å². The predicted molar refractivity (Wildman–Crippen MR) is 52.5 cm³/mol. The third-order valence-electron chi connectivity index (χ3n) is 2.99. The molecule has 4 heteroatoms. The molecule has 1 saturated heterocycles. The normalized spacial score (nSPS) is 34.9. The number of hydrogen-bond donors (Lipinski definition) is 4. The Morgan fingerprint density at radius 2 is 2.15 bits per heavy atom. The minimum atomic E-state index is 0.579. The fourth-order valence-corrected chi connectivity index (χ4v) is 2.21. The fraction of sp³-hybridized carbons (Fsp3) is 0.778. The van der Waals surface area contributed by atoms with Gasteiger partial charge in [0.25, 0.3) is 0 Å². The third-order valence-corrected chi connectivity index (χ3v) is 2.99. The van der Waals surface area contributed by atoms with Crippen LogP contribution in [0.25, 0.3) is 0 Å². The van der Waals surface area contributed by atoms with E-state index in [1.807, 2.05) is 6.20 Å². The Morgan fingerprint density at radius 3 is 2.85 bits per heavy atom. The van der Waals surface area contributed by atoms with E-state index in [0.717, 1.165) is 25.3 Å². The van der Waals surface area contributed by atoms with Gasteiger partial charge in [-0.25, -0.2) is 0 Å². The monoisotopic (exact) mass is 182 g/mol. The average molecular weight is 182 g/mol. The van der Waals surface area contributed by atoms with E-state index in [1.165, 1.54) is 12.8 Å². The Hall–Kier alpha value is -0.740.